The summed E-state index contributed by atoms with van der Waals surface area (Å²) >= 11 is 0. The third-order valence-electron chi connectivity index (χ3n) is 2.98. The van der Waals surface area contributed by atoms with Crippen molar-refractivity contribution in [1.29, 1.82) is 5.26 Å². The molecule has 16 heavy (non-hydrogen) atoms. The van der Waals surface area contributed by atoms with Gasteiger partial charge in [0.05, 0.1) is 11.8 Å². The molecule has 0 atom stereocenters. The van der Waals surface area contributed by atoms with Gasteiger partial charge in [-0.15, -0.1) is 0 Å². The fourth-order valence-corrected chi connectivity index (χ4v) is 2.04. The predicted molar refractivity (Wildman–Crippen MR) is 55.5 cm³/mol. The van der Waals surface area contributed by atoms with Crippen LogP contribution in [0.3, 0.4) is 0 Å². The van der Waals surface area contributed by atoms with E-state index in [2.05, 4.69) is 16.4 Å². The first-order chi connectivity index (χ1) is 7.67. The molecule has 0 aromatic carbocycles. The molecule has 1 aliphatic carbocycles. The molecule has 5 nitrogen and oxygen atoms in total. The van der Waals surface area contributed by atoms with E-state index in [1.54, 1.807) is 6.92 Å². The SMILES string of the molecule is Cc1ncoc1C(=O)NC1(C#N)CCCC1. The lowest BCUT2D eigenvalue weighted by atomic mass is 10.00. The molecule has 0 radical (unpaired) electrons. The van der Waals surface area contributed by atoms with Gasteiger partial charge in [-0.25, -0.2) is 4.98 Å². The highest BCUT2D eigenvalue weighted by molar-refractivity contribution is 5.93. The van der Waals surface area contributed by atoms with Crippen LogP contribution >= 0.6 is 0 Å². The van der Waals surface area contributed by atoms with E-state index in [0.717, 1.165) is 12.8 Å². The Labute approximate surface area is 93.5 Å². The molecule has 5 heteroatoms. The van der Waals surface area contributed by atoms with Crippen molar-refractivity contribution in [1.82, 2.24) is 10.3 Å². The minimum atomic E-state index is -0.712. The minimum absolute atomic E-state index is 0.196. The van der Waals surface area contributed by atoms with E-state index >= 15 is 0 Å². The van der Waals surface area contributed by atoms with Crippen molar-refractivity contribution in [3.05, 3.63) is 17.8 Å². The number of carbonyl (C=O) groups is 1. The van der Waals surface area contributed by atoms with Crippen LogP contribution in [0.4, 0.5) is 0 Å². The molecule has 84 valence electrons. The first kappa shape index (κ1) is 10.7. The maximum absolute atomic E-state index is 11.9. The van der Waals surface area contributed by atoms with E-state index in [1.807, 2.05) is 0 Å². The highest BCUT2D eigenvalue weighted by Gasteiger charge is 2.36. The number of aryl methyl sites for hydroxylation is 1. The van der Waals surface area contributed by atoms with Gasteiger partial charge >= 0.3 is 0 Å². The lowest BCUT2D eigenvalue weighted by Crippen LogP contribution is -2.45. The second-order valence-electron chi connectivity index (χ2n) is 4.12. The van der Waals surface area contributed by atoms with Crippen LogP contribution in [-0.2, 0) is 0 Å². The second-order valence-corrected chi connectivity index (χ2v) is 4.12. The Kier molecular flexibility index (Phi) is 2.65. The average molecular weight is 219 g/mol. The number of hydrogen-bond acceptors (Lipinski definition) is 4. The molecule has 1 heterocycles. The molecule has 1 N–H and O–H groups in total. The van der Waals surface area contributed by atoms with Crippen molar-refractivity contribution in [2.75, 3.05) is 0 Å². The number of aromatic nitrogens is 1. The lowest BCUT2D eigenvalue weighted by Gasteiger charge is -2.21. The summed E-state index contributed by atoms with van der Waals surface area (Å²) in [6, 6.07) is 2.20. The summed E-state index contributed by atoms with van der Waals surface area (Å²) in [5.74, 6) is -0.153. The van der Waals surface area contributed by atoms with Crippen LogP contribution < -0.4 is 5.32 Å². The average Bonchev–Trinajstić information content (AvgIpc) is 2.87. The van der Waals surface area contributed by atoms with Crippen LogP contribution in [0.5, 0.6) is 0 Å². The molecule has 0 bridgehead atoms. The van der Waals surface area contributed by atoms with Crippen molar-refractivity contribution in [3.8, 4) is 6.07 Å². The number of rotatable bonds is 2. The Morgan fingerprint density at radius 1 is 1.62 bits per heavy atom. The van der Waals surface area contributed by atoms with Gasteiger partial charge in [0, 0.05) is 0 Å². The first-order valence-corrected chi connectivity index (χ1v) is 5.31. The van der Waals surface area contributed by atoms with Gasteiger partial charge in [0.2, 0.25) is 5.76 Å². The van der Waals surface area contributed by atoms with Crippen molar-refractivity contribution in [3.63, 3.8) is 0 Å². The van der Waals surface area contributed by atoms with E-state index in [4.69, 9.17) is 9.68 Å². The van der Waals surface area contributed by atoms with Crippen LogP contribution in [0.15, 0.2) is 10.8 Å². The van der Waals surface area contributed by atoms with E-state index < -0.39 is 5.54 Å². The summed E-state index contributed by atoms with van der Waals surface area (Å²) in [6.07, 6.45) is 4.61. The Hall–Kier alpha value is -1.83. The normalized spacial score (nSPS) is 18.0. The van der Waals surface area contributed by atoms with Gasteiger partial charge in [-0.1, -0.05) is 0 Å². The summed E-state index contributed by atoms with van der Waals surface area (Å²) < 4.78 is 4.99. The molecular weight excluding hydrogens is 206 g/mol. The van der Waals surface area contributed by atoms with Crippen LogP contribution in [0.2, 0.25) is 0 Å². The van der Waals surface area contributed by atoms with Gasteiger partial charge < -0.3 is 9.73 Å². The number of oxazole rings is 1. The Bertz CT molecular complexity index is 438. The Morgan fingerprint density at radius 2 is 2.31 bits per heavy atom. The molecule has 0 unspecified atom stereocenters. The zero-order valence-corrected chi connectivity index (χ0v) is 9.12. The number of nitrogens with zero attached hydrogens (tertiary/aromatic N) is 2. The lowest BCUT2D eigenvalue weighted by molar-refractivity contribution is 0.0891. The van der Waals surface area contributed by atoms with Crippen molar-refractivity contribution < 1.29 is 9.21 Å². The van der Waals surface area contributed by atoms with Gasteiger partial charge in [0.1, 0.15) is 5.54 Å². The predicted octanol–water partition coefficient (Wildman–Crippen LogP) is 1.55. The Balaban J connectivity index is 2.13. The largest absolute Gasteiger partial charge is 0.438 e. The molecular formula is C11H13N3O2. The van der Waals surface area contributed by atoms with Crippen molar-refractivity contribution >= 4 is 5.91 Å². The summed E-state index contributed by atoms with van der Waals surface area (Å²) in [5.41, 5.74) is -0.167. The summed E-state index contributed by atoms with van der Waals surface area (Å²) in [6.45, 7) is 1.70. The van der Waals surface area contributed by atoms with Crippen molar-refractivity contribution in [2.45, 2.75) is 38.1 Å². The molecule has 1 aliphatic rings. The first-order valence-electron chi connectivity index (χ1n) is 5.31. The monoisotopic (exact) mass is 219 g/mol. The van der Waals surface area contributed by atoms with Gasteiger partial charge in [-0.2, -0.15) is 5.26 Å². The number of carbonyl (C=O) groups excluding carboxylic acids is 1. The molecule has 1 fully saturated rings. The molecule has 0 saturated heterocycles. The standard InChI is InChI=1S/C11H13N3O2/c1-8-9(16-7-13-8)10(15)14-11(6-12)4-2-3-5-11/h7H,2-5H2,1H3,(H,14,15). The molecule has 0 spiro atoms. The molecule has 2 rings (SSSR count). The summed E-state index contributed by atoms with van der Waals surface area (Å²) in [5, 5.41) is 11.9. The van der Waals surface area contributed by atoms with Crippen LogP contribution in [-0.4, -0.2) is 16.4 Å². The van der Waals surface area contributed by atoms with Gasteiger partial charge in [-0.05, 0) is 32.6 Å². The molecule has 1 aromatic heterocycles. The van der Waals surface area contributed by atoms with E-state index in [0.29, 0.717) is 18.5 Å². The zero-order valence-electron chi connectivity index (χ0n) is 9.12. The third-order valence-corrected chi connectivity index (χ3v) is 2.98. The quantitative estimate of drug-likeness (QED) is 0.818. The van der Waals surface area contributed by atoms with Gasteiger partial charge in [0.25, 0.3) is 5.91 Å². The second kappa shape index (κ2) is 3.97. The number of amides is 1. The van der Waals surface area contributed by atoms with Crippen molar-refractivity contribution in [2.24, 2.45) is 0 Å². The molecule has 1 saturated carbocycles. The number of hydrogen-bond donors (Lipinski definition) is 1. The fourth-order valence-electron chi connectivity index (χ4n) is 2.04. The summed E-state index contributed by atoms with van der Waals surface area (Å²) in [7, 11) is 0. The van der Waals surface area contributed by atoms with E-state index in [9.17, 15) is 4.79 Å². The molecule has 1 amide bonds. The Morgan fingerprint density at radius 3 is 2.81 bits per heavy atom. The highest BCUT2D eigenvalue weighted by atomic mass is 16.3. The summed E-state index contributed by atoms with van der Waals surface area (Å²) in [4.78, 5) is 15.7. The highest BCUT2D eigenvalue weighted by Crippen LogP contribution is 2.29. The fraction of sp³-hybridized carbons (Fsp3) is 0.545. The van der Waals surface area contributed by atoms with Gasteiger partial charge in [-0.3, -0.25) is 4.79 Å². The van der Waals surface area contributed by atoms with Crippen LogP contribution in [0.25, 0.3) is 0 Å². The van der Waals surface area contributed by atoms with Crippen LogP contribution in [0, 0.1) is 18.3 Å². The maximum atomic E-state index is 11.9. The van der Waals surface area contributed by atoms with E-state index in [1.165, 1.54) is 6.39 Å². The smallest absolute Gasteiger partial charge is 0.290 e. The number of nitriles is 1. The van der Waals surface area contributed by atoms with E-state index in [-0.39, 0.29) is 11.7 Å². The molecule has 1 aromatic rings. The minimum Gasteiger partial charge on any atom is -0.438 e. The van der Waals surface area contributed by atoms with Crippen LogP contribution in [0.1, 0.15) is 41.9 Å². The maximum Gasteiger partial charge on any atom is 0.290 e. The topological polar surface area (TPSA) is 78.9 Å². The third kappa shape index (κ3) is 1.78. The molecule has 0 aliphatic heterocycles. The zero-order chi connectivity index (χ0) is 11.6. The number of nitrogens with one attached hydrogen (secondary N) is 1. The van der Waals surface area contributed by atoms with Gasteiger partial charge in [0.15, 0.2) is 6.39 Å².